The summed E-state index contributed by atoms with van der Waals surface area (Å²) < 4.78 is 1.31. The minimum Gasteiger partial charge on any atom is -0.397 e. The second kappa shape index (κ2) is 3.31. The molecule has 0 saturated carbocycles. The topological polar surface area (TPSA) is 26.0 Å². The lowest BCUT2D eigenvalue weighted by molar-refractivity contribution is 1.51. The Labute approximate surface area is 89.7 Å². The zero-order chi connectivity index (χ0) is 9.42. The first-order valence-electron chi connectivity index (χ1n) is 4.06. The molecule has 1 nitrogen and oxygen atoms in total. The molecule has 1 aromatic carbocycles. The number of anilines is 1. The maximum atomic E-state index is 5.96. The van der Waals surface area contributed by atoms with Gasteiger partial charge in [-0.25, -0.2) is 0 Å². The molecule has 1 aromatic heterocycles. The highest BCUT2D eigenvalue weighted by Crippen LogP contribution is 2.35. The Morgan fingerprint density at radius 2 is 2.23 bits per heavy atom. The molecule has 0 aliphatic carbocycles. The van der Waals surface area contributed by atoms with Crippen LogP contribution in [0, 0.1) is 6.92 Å². The van der Waals surface area contributed by atoms with Gasteiger partial charge in [-0.2, -0.15) is 0 Å². The minimum absolute atomic E-state index is 0.893. The smallest absolute Gasteiger partial charge is 0.0532 e. The van der Waals surface area contributed by atoms with Crippen LogP contribution < -0.4 is 5.73 Å². The average molecular weight is 256 g/mol. The molecule has 0 unspecified atom stereocenters. The molecule has 2 N–H and O–H groups in total. The highest BCUT2D eigenvalue weighted by atomic mass is 79.9. The summed E-state index contributed by atoms with van der Waals surface area (Å²) in [7, 11) is 0. The lowest BCUT2D eigenvalue weighted by Crippen LogP contribution is -1.84. The fourth-order valence-electron chi connectivity index (χ4n) is 1.42. The molecule has 13 heavy (non-hydrogen) atoms. The number of nitrogen functional groups attached to an aromatic ring is 1. The fourth-order valence-corrected chi connectivity index (χ4v) is 3.16. The van der Waals surface area contributed by atoms with E-state index in [2.05, 4.69) is 41.1 Å². The van der Waals surface area contributed by atoms with Crippen molar-refractivity contribution in [2.45, 2.75) is 12.3 Å². The Balaban J connectivity index is 2.84. The number of benzene rings is 1. The first-order valence-corrected chi connectivity index (χ1v) is 6.00. The number of hydrogen-bond donors (Lipinski definition) is 1. The zero-order valence-corrected chi connectivity index (χ0v) is 9.71. The monoisotopic (exact) mass is 255 g/mol. The van der Waals surface area contributed by atoms with E-state index in [0.29, 0.717) is 0 Å². The lowest BCUT2D eigenvalue weighted by atomic mass is 10.1. The number of fused-ring (bicyclic) bond motifs is 1. The summed E-state index contributed by atoms with van der Waals surface area (Å²) in [5.41, 5.74) is 8.21. The van der Waals surface area contributed by atoms with Crippen molar-refractivity contribution in [1.82, 2.24) is 0 Å². The maximum absolute atomic E-state index is 5.96. The van der Waals surface area contributed by atoms with Crippen molar-refractivity contribution in [2.24, 2.45) is 0 Å². The molecule has 0 aliphatic heterocycles. The van der Waals surface area contributed by atoms with Gasteiger partial charge in [-0.1, -0.05) is 34.1 Å². The molecule has 0 radical (unpaired) electrons. The highest BCUT2D eigenvalue weighted by Gasteiger charge is 2.07. The highest BCUT2D eigenvalue weighted by molar-refractivity contribution is 9.08. The third-order valence-corrected chi connectivity index (χ3v) is 3.98. The summed E-state index contributed by atoms with van der Waals surface area (Å²) >= 11 is 5.25. The van der Waals surface area contributed by atoms with Crippen LogP contribution in [-0.2, 0) is 5.33 Å². The molecule has 3 heteroatoms. The van der Waals surface area contributed by atoms with E-state index >= 15 is 0 Å². The molecule has 0 bridgehead atoms. The second-order valence-corrected chi connectivity index (χ2v) is 4.78. The number of nitrogens with two attached hydrogens (primary N) is 1. The molecular formula is C10H10BrNS. The maximum Gasteiger partial charge on any atom is 0.0532 e. The molecule has 0 aliphatic rings. The third-order valence-electron chi connectivity index (χ3n) is 2.17. The molecule has 2 aromatic rings. The number of hydrogen-bond acceptors (Lipinski definition) is 2. The Bertz CT molecular complexity index is 447. The van der Waals surface area contributed by atoms with Crippen molar-refractivity contribution in [3.8, 4) is 0 Å². The van der Waals surface area contributed by atoms with E-state index in [9.17, 15) is 0 Å². The van der Waals surface area contributed by atoms with Crippen molar-refractivity contribution in [3.05, 3.63) is 28.6 Å². The number of rotatable bonds is 1. The summed E-state index contributed by atoms with van der Waals surface area (Å²) in [6.07, 6.45) is 0. The molecule has 0 fully saturated rings. The van der Waals surface area contributed by atoms with Gasteiger partial charge in [-0.15, -0.1) is 11.3 Å². The zero-order valence-electron chi connectivity index (χ0n) is 7.30. The molecule has 1 heterocycles. The van der Waals surface area contributed by atoms with Gasteiger partial charge in [0.2, 0.25) is 0 Å². The fraction of sp³-hybridized carbons (Fsp3) is 0.200. The Hall–Kier alpha value is -0.540. The van der Waals surface area contributed by atoms with Crippen molar-refractivity contribution in [2.75, 3.05) is 5.73 Å². The van der Waals surface area contributed by atoms with Gasteiger partial charge in [0.05, 0.1) is 5.69 Å². The largest absolute Gasteiger partial charge is 0.397 e. The number of halogens is 1. The molecular weight excluding hydrogens is 246 g/mol. The second-order valence-electron chi connectivity index (χ2n) is 3.00. The predicted octanol–water partition coefficient (Wildman–Crippen LogP) is 3.69. The van der Waals surface area contributed by atoms with Crippen LogP contribution in [0.5, 0.6) is 0 Å². The van der Waals surface area contributed by atoms with Gasteiger partial charge in [0, 0.05) is 20.3 Å². The van der Waals surface area contributed by atoms with Crippen LogP contribution in [0.3, 0.4) is 0 Å². The summed E-state index contributed by atoms with van der Waals surface area (Å²) in [5.74, 6) is 0. The lowest BCUT2D eigenvalue weighted by Gasteiger charge is -1.96. The van der Waals surface area contributed by atoms with Gasteiger partial charge < -0.3 is 5.73 Å². The molecule has 0 atom stereocenters. The van der Waals surface area contributed by atoms with Crippen LogP contribution in [0.4, 0.5) is 5.69 Å². The normalized spacial score (nSPS) is 10.9. The van der Waals surface area contributed by atoms with E-state index < -0.39 is 0 Å². The van der Waals surface area contributed by atoms with Crippen LogP contribution in [0.2, 0.25) is 0 Å². The Morgan fingerprint density at radius 3 is 2.92 bits per heavy atom. The minimum atomic E-state index is 0.893. The van der Waals surface area contributed by atoms with Crippen molar-refractivity contribution in [3.63, 3.8) is 0 Å². The Morgan fingerprint density at radius 1 is 1.46 bits per heavy atom. The van der Waals surface area contributed by atoms with E-state index in [0.717, 1.165) is 11.0 Å². The van der Waals surface area contributed by atoms with E-state index in [1.165, 1.54) is 20.5 Å². The summed E-state index contributed by atoms with van der Waals surface area (Å²) in [6, 6.07) is 6.27. The van der Waals surface area contributed by atoms with Crippen LogP contribution >= 0.6 is 27.3 Å². The van der Waals surface area contributed by atoms with E-state index in [1.807, 2.05) is 0 Å². The van der Waals surface area contributed by atoms with Gasteiger partial charge in [-0.05, 0) is 12.5 Å². The van der Waals surface area contributed by atoms with E-state index in [1.54, 1.807) is 11.3 Å². The molecule has 0 spiro atoms. The van der Waals surface area contributed by atoms with Gasteiger partial charge in [0.1, 0.15) is 0 Å². The third kappa shape index (κ3) is 1.36. The standard InChI is InChI=1S/C10H10BrNS/c1-6-9(12)8-4-2-3-7(5-11)10(8)13-6/h2-4H,5,12H2,1H3. The van der Waals surface area contributed by atoms with Crippen LogP contribution in [-0.4, -0.2) is 0 Å². The van der Waals surface area contributed by atoms with Gasteiger partial charge in [-0.3, -0.25) is 0 Å². The molecule has 0 amide bonds. The summed E-state index contributed by atoms with van der Waals surface area (Å²) in [4.78, 5) is 1.21. The predicted molar refractivity (Wildman–Crippen MR) is 63.6 cm³/mol. The van der Waals surface area contributed by atoms with E-state index in [-0.39, 0.29) is 0 Å². The Kier molecular flexibility index (Phi) is 2.30. The van der Waals surface area contributed by atoms with Gasteiger partial charge in [0.25, 0.3) is 0 Å². The summed E-state index contributed by atoms with van der Waals surface area (Å²) in [5, 5.41) is 2.09. The van der Waals surface area contributed by atoms with Gasteiger partial charge >= 0.3 is 0 Å². The first-order chi connectivity index (χ1) is 6.24. The van der Waals surface area contributed by atoms with Crippen molar-refractivity contribution < 1.29 is 0 Å². The molecule has 68 valence electrons. The van der Waals surface area contributed by atoms with Crippen LogP contribution in [0.15, 0.2) is 18.2 Å². The first kappa shape index (κ1) is 9.03. The molecule has 0 saturated heterocycles. The van der Waals surface area contributed by atoms with Crippen LogP contribution in [0.25, 0.3) is 10.1 Å². The quantitative estimate of drug-likeness (QED) is 0.774. The van der Waals surface area contributed by atoms with Crippen molar-refractivity contribution in [1.29, 1.82) is 0 Å². The average Bonchev–Trinajstić information content (AvgIpc) is 2.43. The summed E-state index contributed by atoms with van der Waals surface area (Å²) in [6.45, 7) is 2.07. The number of aryl methyl sites for hydroxylation is 1. The van der Waals surface area contributed by atoms with Crippen molar-refractivity contribution >= 4 is 43.0 Å². The molecule has 2 rings (SSSR count). The van der Waals surface area contributed by atoms with Crippen LogP contribution in [0.1, 0.15) is 10.4 Å². The number of alkyl halides is 1. The SMILES string of the molecule is Cc1sc2c(CBr)cccc2c1N. The number of thiophene rings is 1. The van der Waals surface area contributed by atoms with Gasteiger partial charge in [0.15, 0.2) is 0 Å². The van der Waals surface area contributed by atoms with E-state index in [4.69, 9.17) is 5.73 Å².